The van der Waals surface area contributed by atoms with E-state index in [1.807, 2.05) is 18.5 Å². The number of aryl methyl sites for hydroxylation is 1. The fraction of sp³-hybridized carbons (Fsp3) is 0.842. The van der Waals surface area contributed by atoms with Crippen LogP contribution in [0.5, 0.6) is 0 Å². The van der Waals surface area contributed by atoms with E-state index in [1.165, 1.54) is 25.7 Å². The highest BCUT2D eigenvalue weighted by Gasteiger charge is 2.28. The molecule has 1 saturated carbocycles. The van der Waals surface area contributed by atoms with Crippen molar-refractivity contribution in [3.8, 4) is 0 Å². The number of ether oxygens (including phenoxy) is 1. The lowest BCUT2D eigenvalue weighted by Gasteiger charge is -2.41. The van der Waals surface area contributed by atoms with Gasteiger partial charge in [0.2, 0.25) is 0 Å². The minimum absolute atomic E-state index is 0. The van der Waals surface area contributed by atoms with Crippen LogP contribution in [0.2, 0.25) is 0 Å². The molecule has 1 saturated heterocycles. The quantitative estimate of drug-likeness (QED) is 0.349. The molecule has 2 heterocycles. The number of nitrogens with zero attached hydrogens (tertiary/aromatic N) is 5. The molecule has 0 radical (unpaired) electrons. The lowest BCUT2D eigenvalue weighted by Crippen LogP contribution is -2.57. The molecule has 2 fully saturated rings. The zero-order valence-corrected chi connectivity index (χ0v) is 20.0. The molecule has 2 aliphatic rings. The molecule has 9 heteroatoms. The monoisotopic (exact) mass is 505 g/mol. The lowest BCUT2D eigenvalue weighted by molar-refractivity contribution is -0.00835. The number of aromatic nitrogens is 3. The zero-order valence-electron chi connectivity index (χ0n) is 17.7. The summed E-state index contributed by atoms with van der Waals surface area (Å²) in [5, 5.41) is 15.6. The highest BCUT2D eigenvalue weighted by atomic mass is 127. The lowest BCUT2D eigenvalue weighted by atomic mass is 10.0. The Morgan fingerprint density at radius 1 is 1.21 bits per heavy atom. The molecule has 0 atom stereocenters. The third-order valence-corrected chi connectivity index (χ3v) is 5.81. The van der Waals surface area contributed by atoms with Gasteiger partial charge >= 0.3 is 0 Å². The van der Waals surface area contributed by atoms with Gasteiger partial charge in [0.05, 0.1) is 13.2 Å². The van der Waals surface area contributed by atoms with Gasteiger partial charge in [-0.2, -0.15) is 0 Å². The van der Waals surface area contributed by atoms with Crippen molar-refractivity contribution in [1.82, 2.24) is 30.3 Å². The van der Waals surface area contributed by atoms with Crippen LogP contribution >= 0.6 is 24.0 Å². The van der Waals surface area contributed by atoms with Crippen LogP contribution in [-0.4, -0.2) is 70.1 Å². The van der Waals surface area contributed by atoms with Crippen LogP contribution < -0.4 is 10.6 Å². The van der Waals surface area contributed by atoms with Crippen molar-refractivity contribution in [2.75, 3.05) is 32.8 Å². The Hall–Kier alpha value is -0.940. The number of aliphatic imine (C=N–C) groups is 1. The zero-order chi connectivity index (χ0) is 19.3. The van der Waals surface area contributed by atoms with E-state index in [2.05, 4.69) is 39.6 Å². The van der Waals surface area contributed by atoms with Gasteiger partial charge in [-0.15, -0.1) is 34.2 Å². The number of rotatable bonds is 6. The molecule has 28 heavy (non-hydrogen) atoms. The second-order valence-corrected chi connectivity index (χ2v) is 8.28. The van der Waals surface area contributed by atoms with Gasteiger partial charge in [-0.3, -0.25) is 4.90 Å². The van der Waals surface area contributed by atoms with Gasteiger partial charge < -0.3 is 19.9 Å². The Balaban J connectivity index is 0.00000280. The molecular weight excluding hydrogens is 469 g/mol. The second-order valence-electron chi connectivity index (χ2n) is 8.28. The average Bonchev–Trinajstić information content (AvgIpc) is 3.29. The summed E-state index contributed by atoms with van der Waals surface area (Å²) in [5.41, 5.74) is 0.0449. The summed E-state index contributed by atoms with van der Waals surface area (Å²) in [6, 6.07) is 0.518. The Bertz CT molecular complexity index is 634. The Labute approximate surface area is 185 Å². The molecule has 160 valence electrons. The molecule has 0 amide bonds. The number of nitrogens with one attached hydrogen (secondary N) is 2. The molecule has 1 aromatic heterocycles. The second kappa shape index (κ2) is 10.7. The van der Waals surface area contributed by atoms with E-state index < -0.39 is 0 Å². The molecule has 2 N–H and O–H groups in total. The van der Waals surface area contributed by atoms with E-state index in [9.17, 15) is 0 Å². The van der Waals surface area contributed by atoms with Crippen LogP contribution in [0.1, 0.15) is 51.2 Å². The minimum atomic E-state index is 0. The van der Waals surface area contributed by atoms with Gasteiger partial charge in [0, 0.05) is 38.3 Å². The average molecular weight is 505 g/mol. The summed E-state index contributed by atoms with van der Waals surface area (Å²) < 4.78 is 7.49. The SMILES string of the molecule is Cc1nnc(CN=C(NCC(C)(C)N2CCOCC2)NC2CCCC2)n1C.I. The standard InChI is InChI=1S/C19H35N7O.HI/c1-15-23-24-17(25(15)4)13-20-18(22-16-7-5-6-8-16)21-14-19(2,3)26-9-11-27-12-10-26;/h16H,5-14H2,1-4H3,(H2,20,21,22);1H. The first-order chi connectivity index (χ1) is 13.0. The number of morpholine rings is 1. The summed E-state index contributed by atoms with van der Waals surface area (Å²) in [4.78, 5) is 7.30. The smallest absolute Gasteiger partial charge is 0.191 e. The molecule has 1 aliphatic carbocycles. The molecule has 0 bridgehead atoms. The van der Waals surface area contributed by atoms with Crippen LogP contribution in [0, 0.1) is 6.92 Å². The van der Waals surface area contributed by atoms with Gasteiger partial charge in [-0.05, 0) is 33.6 Å². The van der Waals surface area contributed by atoms with Gasteiger partial charge in [0.15, 0.2) is 11.8 Å². The maximum absolute atomic E-state index is 5.50. The molecule has 8 nitrogen and oxygen atoms in total. The van der Waals surface area contributed by atoms with Crippen LogP contribution in [0.4, 0.5) is 0 Å². The summed E-state index contributed by atoms with van der Waals surface area (Å²) in [7, 11) is 1.99. The Kier molecular flexibility index (Phi) is 8.94. The van der Waals surface area contributed by atoms with Crippen molar-refractivity contribution in [3.05, 3.63) is 11.6 Å². The topological polar surface area (TPSA) is 79.6 Å². The van der Waals surface area contributed by atoms with Crippen molar-refractivity contribution in [2.45, 2.75) is 64.6 Å². The fourth-order valence-corrected chi connectivity index (χ4v) is 3.74. The molecule has 1 aliphatic heterocycles. The summed E-state index contributed by atoms with van der Waals surface area (Å²) in [6.45, 7) is 11.5. The van der Waals surface area contributed by atoms with Crippen molar-refractivity contribution in [2.24, 2.45) is 12.0 Å². The summed E-state index contributed by atoms with van der Waals surface area (Å²) in [6.07, 6.45) is 5.03. The number of hydrogen-bond acceptors (Lipinski definition) is 5. The normalized spacial score (nSPS) is 19.5. The molecule has 0 spiro atoms. The summed E-state index contributed by atoms with van der Waals surface area (Å²) in [5.74, 6) is 2.67. The first-order valence-electron chi connectivity index (χ1n) is 10.2. The van der Waals surface area contributed by atoms with E-state index >= 15 is 0 Å². The predicted octanol–water partition coefficient (Wildman–Crippen LogP) is 1.83. The highest BCUT2D eigenvalue weighted by molar-refractivity contribution is 14.0. The van der Waals surface area contributed by atoms with E-state index in [4.69, 9.17) is 9.73 Å². The van der Waals surface area contributed by atoms with Crippen molar-refractivity contribution in [3.63, 3.8) is 0 Å². The van der Waals surface area contributed by atoms with E-state index in [0.717, 1.165) is 50.5 Å². The minimum Gasteiger partial charge on any atom is -0.379 e. The van der Waals surface area contributed by atoms with Crippen molar-refractivity contribution in [1.29, 1.82) is 0 Å². The van der Waals surface area contributed by atoms with Crippen molar-refractivity contribution >= 4 is 29.9 Å². The number of guanidine groups is 1. The first-order valence-corrected chi connectivity index (χ1v) is 10.2. The molecule has 3 rings (SSSR count). The number of halogens is 1. The van der Waals surface area contributed by atoms with Gasteiger partial charge in [-0.1, -0.05) is 12.8 Å². The molecular formula is C19H36IN7O. The van der Waals surface area contributed by atoms with E-state index in [0.29, 0.717) is 12.6 Å². The Morgan fingerprint density at radius 3 is 2.50 bits per heavy atom. The maximum atomic E-state index is 5.50. The number of hydrogen-bond donors (Lipinski definition) is 2. The maximum Gasteiger partial charge on any atom is 0.191 e. The van der Waals surface area contributed by atoms with Crippen LogP contribution in [0.15, 0.2) is 4.99 Å². The first kappa shape index (κ1) is 23.3. The Morgan fingerprint density at radius 2 is 1.89 bits per heavy atom. The fourth-order valence-electron chi connectivity index (χ4n) is 3.74. The molecule has 0 aromatic carbocycles. The summed E-state index contributed by atoms with van der Waals surface area (Å²) >= 11 is 0. The van der Waals surface area contributed by atoms with E-state index in [-0.39, 0.29) is 29.5 Å². The van der Waals surface area contributed by atoms with Gasteiger partial charge in [-0.25, -0.2) is 4.99 Å². The third-order valence-electron chi connectivity index (χ3n) is 5.81. The van der Waals surface area contributed by atoms with Gasteiger partial charge in [0.25, 0.3) is 0 Å². The van der Waals surface area contributed by atoms with Crippen LogP contribution in [-0.2, 0) is 18.3 Å². The predicted molar refractivity (Wildman–Crippen MR) is 122 cm³/mol. The largest absolute Gasteiger partial charge is 0.379 e. The van der Waals surface area contributed by atoms with Crippen LogP contribution in [0.3, 0.4) is 0 Å². The molecule has 1 aromatic rings. The van der Waals surface area contributed by atoms with Crippen molar-refractivity contribution < 1.29 is 4.74 Å². The van der Waals surface area contributed by atoms with E-state index in [1.54, 1.807) is 0 Å². The highest BCUT2D eigenvalue weighted by Crippen LogP contribution is 2.18. The van der Waals surface area contributed by atoms with Crippen LogP contribution in [0.25, 0.3) is 0 Å². The molecule has 0 unspecified atom stereocenters. The third kappa shape index (κ3) is 6.28. The van der Waals surface area contributed by atoms with Gasteiger partial charge in [0.1, 0.15) is 12.4 Å².